The van der Waals surface area contributed by atoms with Crippen molar-refractivity contribution < 1.29 is 4.39 Å². The van der Waals surface area contributed by atoms with Gasteiger partial charge in [-0.2, -0.15) is 4.52 Å². The Labute approximate surface area is 127 Å². The Hall–Kier alpha value is -2.50. The fourth-order valence-electron chi connectivity index (χ4n) is 2.88. The summed E-state index contributed by atoms with van der Waals surface area (Å²) in [5.41, 5.74) is 1.04. The van der Waals surface area contributed by atoms with Crippen molar-refractivity contribution >= 4 is 11.5 Å². The Morgan fingerprint density at radius 1 is 0.909 bits per heavy atom. The zero-order chi connectivity index (χ0) is 14.9. The van der Waals surface area contributed by atoms with Crippen LogP contribution in [0.1, 0.15) is 19.3 Å². The Balaban J connectivity index is 1.81. The second kappa shape index (κ2) is 5.36. The van der Waals surface area contributed by atoms with Crippen LogP contribution in [0.15, 0.2) is 36.4 Å². The van der Waals surface area contributed by atoms with Gasteiger partial charge in [0.05, 0.1) is 5.56 Å². The fourth-order valence-corrected chi connectivity index (χ4v) is 2.88. The van der Waals surface area contributed by atoms with Gasteiger partial charge < -0.3 is 4.90 Å². The van der Waals surface area contributed by atoms with Crippen molar-refractivity contribution in [3.8, 4) is 11.4 Å². The van der Waals surface area contributed by atoms with E-state index >= 15 is 0 Å². The normalized spacial score (nSPS) is 15.4. The smallest absolute Gasteiger partial charge is 0.188 e. The Bertz CT molecular complexity index is 807. The van der Waals surface area contributed by atoms with Crippen molar-refractivity contribution in [2.45, 2.75) is 19.3 Å². The third-order valence-corrected chi connectivity index (χ3v) is 4.04. The van der Waals surface area contributed by atoms with E-state index in [4.69, 9.17) is 0 Å². The summed E-state index contributed by atoms with van der Waals surface area (Å²) in [4.78, 5) is 2.26. The minimum Gasteiger partial charge on any atom is -0.355 e. The first-order valence-corrected chi connectivity index (χ1v) is 7.55. The van der Waals surface area contributed by atoms with Crippen LogP contribution in [0, 0.1) is 5.82 Å². The van der Waals surface area contributed by atoms with Gasteiger partial charge in [0.25, 0.3) is 0 Å². The van der Waals surface area contributed by atoms with Crippen molar-refractivity contribution in [1.29, 1.82) is 0 Å². The van der Waals surface area contributed by atoms with Crippen LogP contribution in [0.2, 0.25) is 0 Å². The summed E-state index contributed by atoms with van der Waals surface area (Å²) in [6.07, 6.45) is 3.63. The van der Waals surface area contributed by atoms with Crippen LogP contribution in [-0.2, 0) is 0 Å². The van der Waals surface area contributed by atoms with E-state index in [9.17, 15) is 4.39 Å². The molecule has 22 heavy (non-hydrogen) atoms. The molecule has 1 saturated heterocycles. The van der Waals surface area contributed by atoms with Crippen LogP contribution in [0.3, 0.4) is 0 Å². The van der Waals surface area contributed by atoms with E-state index in [1.807, 2.05) is 12.1 Å². The Morgan fingerprint density at radius 2 is 1.73 bits per heavy atom. The summed E-state index contributed by atoms with van der Waals surface area (Å²) in [6, 6.07) is 10.4. The molecule has 0 bridgehead atoms. The molecule has 5 nitrogen and oxygen atoms in total. The van der Waals surface area contributed by atoms with Crippen molar-refractivity contribution in [3.05, 3.63) is 42.2 Å². The van der Waals surface area contributed by atoms with E-state index in [0.29, 0.717) is 17.0 Å². The largest absolute Gasteiger partial charge is 0.355 e. The maximum absolute atomic E-state index is 14.0. The molecular formula is C16H16FN5. The molecule has 1 fully saturated rings. The summed E-state index contributed by atoms with van der Waals surface area (Å²) in [5.74, 6) is 1.01. The van der Waals surface area contributed by atoms with E-state index in [-0.39, 0.29) is 5.82 Å². The molecule has 0 radical (unpaired) electrons. The minimum absolute atomic E-state index is 0.318. The molecule has 0 saturated carbocycles. The van der Waals surface area contributed by atoms with Crippen molar-refractivity contribution in [2.75, 3.05) is 18.0 Å². The summed E-state index contributed by atoms with van der Waals surface area (Å²) in [5, 5.41) is 12.8. The lowest BCUT2D eigenvalue weighted by atomic mass is 10.1. The highest BCUT2D eigenvalue weighted by Gasteiger charge is 2.16. The first-order chi connectivity index (χ1) is 10.8. The van der Waals surface area contributed by atoms with Gasteiger partial charge in [-0.25, -0.2) is 4.39 Å². The number of nitrogens with zero attached hydrogens (tertiary/aromatic N) is 5. The van der Waals surface area contributed by atoms with Crippen LogP contribution in [0.5, 0.6) is 0 Å². The van der Waals surface area contributed by atoms with Gasteiger partial charge in [-0.05, 0) is 43.5 Å². The zero-order valence-electron chi connectivity index (χ0n) is 12.1. The average molecular weight is 297 g/mol. The highest BCUT2D eigenvalue weighted by molar-refractivity contribution is 5.60. The number of hydrogen-bond acceptors (Lipinski definition) is 4. The summed E-state index contributed by atoms with van der Waals surface area (Å²) in [7, 11) is 0. The van der Waals surface area contributed by atoms with Gasteiger partial charge in [0.1, 0.15) is 11.6 Å². The van der Waals surface area contributed by atoms with Gasteiger partial charge >= 0.3 is 0 Å². The third-order valence-electron chi connectivity index (χ3n) is 4.04. The predicted octanol–water partition coefficient (Wildman–Crippen LogP) is 2.92. The molecule has 3 heterocycles. The molecule has 6 heteroatoms. The maximum atomic E-state index is 14.0. The van der Waals surface area contributed by atoms with Crippen LogP contribution in [-0.4, -0.2) is 32.9 Å². The molecule has 2 aromatic heterocycles. The molecule has 1 aliphatic heterocycles. The number of hydrogen-bond donors (Lipinski definition) is 0. The average Bonchev–Trinajstić information content (AvgIpc) is 2.99. The molecule has 0 spiro atoms. The number of anilines is 1. The molecule has 4 rings (SSSR count). The Morgan fingerprint density at radius 3 is 2.55 bits per heavy atom. The van der Waals surface area contributed by atoms with E-state index < -0.39 is 0 Å². The number of fused-ring (bicyclic) bond motifs is 1. The van der Waals surface area contributed by atoms with Gasteiger partial charge in [0.15, 0.2) is 11.5 Å². The van der Waals surface area contributed by atoms with Crippen LogP contribution < -0.4 is 4.90 Å². The van der Waals surface area contributed by atoms with E-state index in [1.165, 1.54) is 25.3 Å². The summed E-state index contributed by atoms with van der Waals surface area (Å²) >= 11 is 0. The molecule has 0 N–H and O–H groups in total. The molecule has 0 atom stereocenters. The zero-order valence-corrected chi connectivity index (χ0v) is 12.1. The summed E-state index contributed by atoms with van der Waals surface area (Å²) in [6.45, 7) is 2.02. The number of rotatable bonds is 2. The molecule has 0 amide bonds. The van der Waals surface area contributed by atoms with Gasteiger partial charge in [-0.15, -0.1) is 15.3 Å². The second-order valence-corrected chi connectivity index (χ2v) is 5.51. The first-order valence-electron chi connectivity index (χ1n) is 7.55. The predicted molar refractivity (Wildman–Crippen MR) is 82.2 cm³/mol. The molecule has 0 unspecified atom stereocenters. The molecule has 112 valence electrons. The lowest BCUT2D eigenvalue weighted by molar-refractivity contribution is 0.570. The van der Waals surface area contributed by atoms with E-state index in [2.05, 4.69) is 20.2 Å². The van der Waals surface area contributed by atoms with Gasteiger partial charge in [0, 0.05) is 13.1 Å². The molecule has 1 aliphatic rings. The van der Waals surface area contributed by atoms with E-state index in [0.717, 1.165) is 18.9 Å². The molecule has 0 aliphatic carbocycles. The SMILES string of the molecule is Fc1ccccc1-c1nnc2ccc(N3CCCCC3)nn12. The number of piperidine rings is 1. The highest BCUT2D eigenvalue weighted by Crippen LogP contribution is 2.23. The van der Waals surface area contributed by atoms with Crippen molar-refractivity contribution in [2.24, 2.45) is 0 Å². The van der Waals surface area contributed by atoms with Gasteiger partial charge in [-0.1, -0.05) is 12.1 Å². The number of aromatic nitrogens is 4. The lowest BCUT2D eigenvalue weighted by Gasteiger charge is -2.27. The number of halogens is 1. The molecule has 3 aromatic rings. The quantitative estimate of drug-likeness (QED) is 0.729. The van der Waals surface area contributed by atoms with E-state index in [1.54, 1.807) is 22.7 Å². The lowest BCUT2D eigenvalue weighted by Crippen LogP contribution is -2.30. The third kappa shape index (κ3) is 2.20. The first kappa shape index (κ1) is 13.2. The topological polar surface area (TPSA) is 46.3 Å². The standard InChI is InChI=1S/C16H16FN5/c17-13-7-3-2-6-12(13)16-19-18-14-8-9-15(20-22(14)16)21-10-4-1-5-11-21/h2-3,6-9H,1,4-5,10-11H2. The van der Waals surface area contributed by atoms with Crippen molar-refractivity contribution in [1.82, 2.24) is 19.8 Å². The summed E-state index contributed by atoms with van der Waals surface area (Å²) < 4.78 is 15.6. The minimum atomic E-state index is -0.318. The van der Waals surface area contributed by atoms with Crippen LogP contribution >= 0.6 is 0 Å². The maximum Gasteiger partial charge on any atom is 0.188 e. The second-order valence-electron chi connectivity index (χ2n) is 5.51. The van der Waals surface area contributed by atoms with Crippen LogP contribution in [0.25, 0.3) is 17.0 Å². The van der Waals surface area contributed by atoms with Gasteiger partial charge in [-0.3, -0.25) is 0 Å². The van der Waals surface area contributed by atoms with Gasteiger partial charge in [0.2, 0.25) is 0 Å². The van der Waals surface area contributed by atoms with Crippen LogP contribution in [0.4, 0.5) is 10.2 Å². The number of benzene rings is 1. The molecule has 1 aromatic carbocycles. The highest BCUT2D eigenvalue weighted by atomic mass is 19.1. The molecular weight excluding hydrogens is 281 g/mol. The monoisotopic (exact) mass is 297 g/mol. The Kier molecular flexibility index (Phi) is 3.21. The fraction of sp³-hybridized carbons (Fsp3) is 0.312. The van der Waals surface area contributed by atoms with Crippen molar-refractivity contribution in [3.63, 3.8) is 0 Å².